The highest BCUT2D eigenvalue weighted by molar-refractivity contribution is 7.77. The topological polar surface area (TPSA) is 69.9 Å². The normalized spacial score (nSPS) is 11.0. The minimum absolute atomic E-state index is 0.409. The number of hydrogen-bond acceptors (Lipinski definition) is 4. The van der Waals surface area contributed by atoms with Gasteiger partial charge in [0, 0.05) is 27.2 Å². The SMILES string of the molecule is C=C(C)CCc1ccc(Cn2nc(-c3cc(Cl)cc(Cl)c3)cc2C(CCC)CCc2cccc(C)c2)cc1.C=CN.NS. The van der Waals surface area contributed by atoms with Crippen molar-refractivity contribution in [2.75, 3.05) is 0 Å². The third-order valence-electron chi connectivity index (χ3n) is 7.08. The third kappa shape index (κ3) is 12.3. The van der Waals surface area contributed by atoms with E-state index < -0.39 is 0 Å². The molecule has 0 aliphatic heterocycles. The van der Waals surface area contributed by atoms with Crippen LogP contribution in [0.25, 0.3) is 11.3 Å². The predicted molar refractivity (Wildman–Crippen MR) is 191 cm³/mol. The Kier molecular flexibility index (Phi) is 16.3. The van der Waals surface area contributed by atoms with Gasteiger partial charge < -0.3 is 5.73 Å². The highest BCUT2D eigenvalue weighted by Crippen LogP contribution is 2.33. The van der Waals surface area contributed by atoms with E-state index in [1.165, 1.54) is 39.7 Å². The Morgan fingerprint density at radius 1 is 0.930 bits per heavy atom. The Bertz CT molecular complexity index is 1410. The molecule has 1 unspecified atom stereocenters. The number of halogens is 2. The van der Waals surface area contributed by atoms with Crippen molar-refractivity contribution in [1.29, 1.82) is 0 Å². The quantitative estimate of drug-likeness (QED) is 0.107. The van der Waals surface area contributed by atoms with E-state index >= 15 is 0 Å². The summed E-state index contributed by atoms with van der Waals surface area (Å²) in [5.41, 5.74) is 14.3. The van der Waals surface area contributed by atoms with Crippen LogP contribution in [0.5, 0.6) is 0 Å². The van der Waals surface area contributed by atoms with Crippen LogP contribution in [-0.2, 0) is 19.4 Å². The number of nitrogens with zero attached hydrogens (tertiary/aromatic N) is 2. The molecule has 1 aromatic heterocycles. The first-order valence-corrected chi connectivity index (χ1v) is 15.9. The molecular formula is C36H46Cl2N4S. The molecular weight excluding hydrogens is 591 g/mol. The Balaban J connectivity index is 0.00000121. The van der Waals surface area contributed by atoms with Crippen molar-refractivity contribution in [3.8, 4) is 11.3 Å². The lowest BCUT2D eigenvalue weighted by Crippen LogP contribution is -2.11. The van der Waals surface area contributed by atoms with Crippen LogP contribution in [0.1, 0.15) is 73.4 Å². The molecule has 1 heterocycles. The van der Waals surface area contributed by atoms with Gasteiger partial charge in [-0.2, -0.15) is 5.10 Å². The largest absolute Gasteiger partial charge is 0.405 e. The molecule has 0 saturated carbocycles. The summed E-state index contributed by atoms with van der Waals surface area (Å²) in [6.45, 7) is 14.4. The fraction of sp³-hybridized carbons (Fsp3) is 0.306. The number of thiol groups is 1. The zero-order valence-electron chi connectivity index (χ0n) is 25.7. The van der Waals surface area contributed by atoms with Crippen molar-refractivity contribution in [3.05, 3.63) is 136 Å². The molecule has 4 nitrogen and oxygen atoms in total. The second kappa shape index (κ2) is 19.3. The van der Waals surface area contributed by atoms with Crippen LogP contribution in [0.3, 0.4) is 0 Å². The summed E-state index contributed by atoms with van der Waals surface area (Å²) in [4.78, 5) is 0. The van der Waals surface area contributed by atoms with E-state index in [0.717, 1.165) is 56.3 Å². The second-order valence-electron chi connectivity index (χ2n) is 10.8. The average Bonchev–Trinajstić information content (AvgIpc) is 3.39. The van der Waals surface area contributed by atoms with Crippen LogP contribution in [0.15, 0.2) is 97.7 Å². The third-order valence-corrected chi connectivity index (χ3v) is 7.52. The van der Waals surface area contributed by atoms with Gasteiger partial charge in [-0.25, -0.2) is 0 Å². The number of benzene rings is 3. The van der Waals surface area contributed by atoms with Gasteiger partial charge in [-0.3, -0.25) is 9.82 Å². The lowest BCUT2D eigenvalue weighted by Gasteiger charge is -2.18. The molecule has 4 rings (SSSR count). The zero-order valence-corrected chi connectivity index (χ0v) is 28.1. The zero-order chi connectivity index (χ0) is 31.8. The maximum Gasteiger partial charge on any atom is 0.0927 e. The number of aromatic nitrogens is 2. The molecule has 0 aliphatic carbocycles. The van der Waals surface area contributed by atoms with Crippen molar-refractivity contribution in [1.82, 2.24) is 9.78 Å². The van der Waals surface area contributed by atoms with Crippen molar-refractivity contribution in [2.24, 2.45) is 10.9 Å². The second-order valence-corrected chi connectivity index (χ2v) is 11.7. The molecule has 7 heteroatoms. The summed E-state index contributed by atoms with van der Waals surface area (Å²) in [6, 6.07) is 25.7. The summed E-state index contributed by atoms with van der Waals surface area (Å²) in [6.07, 6.45) is 7.67. The van der Waals surface area contributed by atoms with E-state index in [4.69, 9.17) is 28.3 Å². The van der Waals surface area contributed by atoms with E-state index in [1.54, 1.807) is 6.07 Å². The Morgan fingerprint density at radius 2 is 1.56 bits per heavy atom. The van der Waals surface area contributed by atoms with Gasteiger partial charge in [-0.15, -0.1) is 19.4 Å². The summed E-state index contributed by atoms with van der Waals surface area (Å²) in [7, 11) is 0. The minimum Gasteiger partial charge on any atom is -0.405 e. The molecule has 0 saturated heterocycles. The van der Waals surface area contributed by atoms with E-state index in [0.29, 0.717) is 16.0 Å². The van der Waals surface area contributed by atoms with Gasteiger partial charge in [0.2, 0.25) is 0 Å². The molecule has 43 heavy (non-hydrogen) atoms. The molecule has 4 N–H and O–H groups in total. The van der Waals surface area contributed by atoms with Crippen LogP contribution in [-0.4, -0.2) is 9.78 Å². The summed E-state index contributed by atoms with van der Waals surface area (Å²) >= 11 is 15.7. The predicted octanol–water partition coefficient (Wildman–Crippen LogP) is 10.1. The molecule has 0 fully saturated rings. The van der Waals surface area contributed by atoms with E-state index in [-0.39, 0.29) is 0 Å². The highest BCUT2D eigenvalue weighted by Gasteiger charge is 2.20. The van der Waals surface area contributed by atoms with Crippen LogP contribution in [0.2, 0.25) is 10.0 Å². The van der Waals surface area contributed by atoms with Gasteiger partial charge in [0.15, 0.2) is 0 Å². The highest BCUT2D eigenvalue weighted by atomic mass is 35.5. The first kappa shape index (κ1) is 36.2. The fourth-order valence-electron chi connectivity index (χ4n) is 5.07. The van der Waals surface area contributed by atoms with Gasteiger partial charge in [-0.05, 0) is 93.1 Å². The van der Waals surface area contributed by atoms with Crippen LogP contribution in [0, 0.1) is 6.92 Å². The molecule has 230 valence electrons. The summed E-state index contributed by atoms with van der Waals surface area (Å²) in [5.74, 6) is 0.409. The first-order valence-electron chi connectivity index (χ1n) is 14.6. The fourth-order valence-corrected chi connectivity index (χ4v) is 5.59. The van der Waals surface area contributed by atoms with Gasteiger partial charge in [0.1, 0.15) is 0 Å². The van der Waals surface area contributed by atoms with Crippen LogP contribution in [0.4, 0.5) is 0 Å². The lowest BCUT2D eigenvalue weighted by molar-refractivity contribution is 0.511. The van der Waals surface area contributed by atoms with Gasteiger partial charge in [0.05, 0.1) is 12.2 Å². The van der Waals surface area contributed by atoms with Crippen molar-refractivity contribution >= 4 is 36.0 Å². The minimum atomic E-state index is 0.409. The maximum atomic E-state index is 6.35. The summed E-state index contributed by atoms with van der Waals surface area (Å²) < 4.78 is 2.20. The van der Waals surface area contributed by atoms with E-state index in [2.05, 4.69) is 117 Å². The molecule has 0 radical (unpaired) electrons. The smallest absolute Gasteiger partial charge is 0.0927 e. The van der Waals surface area contributed by atoms with Gasteiger partial charge >= 0.3 is 0 Å². The van der Waals surface area contributed by atoms with Crippen molar-refractivity contribution < 1.29 is 0 Å². The average molecular weight is 638 g/mol. The number of aryl methyl sites for hydroxylation is 3. The van der Waals surface area contributed by atoms with Crippen LogP contribution >= 0.6 is 36.0 Å². The lowest BCUT2D eigenvalue weighted by atomic mass is 9.91. The van der Waals surface area contributed by atoms with Crippen molar-refractivity contribution in [2.45, 2.75) is 71.8 Å². The van der Waals surface area contributed by atoms with Crippen molar-refractivity contribution in [3.63, 3.8) is 0 Å². The maximum absolute atomic E-state index is 6.35. The van der Waals surface area contributed by atoms with Crippen LogP contribution < -0.4 is 10.9 Å². The standard InChI is InChI=1S/C34H38Cl2N2.C2H5N.H3NS/c1-5-7-29(17-16-27-9-6-8-25(4)18-27)34-22-33(30-19-31(35)21-32(36)20-30)37-38(34)23-28-14-12-26(13-15-28)11-10-24(2)3;1-2-3;1-2/h6,8-9,12-15,18-22,29H,2,5,7,10-11,16-17,23H2,1,3-4H3;2H,1,3H2;2H,1H2. The summed E-state index contributed by atoms with van der Waals surface area (Å²) in [5, 5.41) is 10.5. The van der Waals surface area contributed by atoms with E-state index in [9.17, 15) is 0 Å². The molecule has 0 spiro atoms. The Hall–Kier alpha value is -2.96. The number of nitrogens with two attached hydrogens (primary N) is 2. The molecule has 4 aromatic rings. The molecule has 0 aliphatic rings. The van der Waals surface area contributed by atoms with Gasteiger partial charge in [0.25, 0.3) is 0 Å². The Morgan fingerprint density at radius 3 is 2.14 bits per heavy atom. The molecule has 0 amide bonds. The number of allylic oxidation sites excluding steroid dienone is 1. The van der Waals surface area contributed by atoms with Gasteiger partial charge in [-0.1, -0.05) is 103 Å². The van der Waals surface area contributed by atoms with E-state index in [1.807, 2.05) is 12.1 Å². The molecule has 1 atom stereocenters. The Labute approximate surface area is 274 Å². The monoisotopic (exact) mass is 636 g/mol. The number of hydrogen-bond donors (Lipinski definition) is 3. The first-order chi connectivity index (χ1) is 20.7. The molecule has 3 aromatic carbocycles. The number of rotatable bonds is 12. The molecule has 0 bridgehead atoms.